The van der Waals surface area contributed by atoms with Gasteiger partial charge in [-0.05, 0) is 23.1 Å². The first kappa shape index (κ1) is 22.2. The summed E-state index contributed by atoms with van der Waals surface area (Å²) in [5.74, 6) is 0. The second-order valence-corrected chi connectivity index (χ2v) is 7.46. The molecule has 0 amide bonds. The van der Waals surface area contributed by atoms with Gasteiger partial charge < -0.3 is 14.2 Å². The Morgan fingerprint density at radius 1 is 0.567 bits per heavy atom. The molecule has 0 aliphatic rings. The standard InChI is InChI=1S/C27H32O3/c1-2-12-26(29-20-24-15-8-4-9-16-24)27(30-21-25-17-10-5-11-18-25)22-28-19-23-13-6-3-7-14-23/h3-11,13-18,26-27H,2,12,19-22H2,1H3/t26-,27-/m1/s1. The Morgan fingerprint density at radius 3 is 1.47 bits per heavy atom. The van der Waals surface area contributed by atoms with Gasteiger partial charge in [-0.25, -0.2) is 0 Å². The largest absolute Gasteiger partial charge is 0.374 e. The minimum absolute atomic E-state index is 0.0188. The number of rotatable bonds is 13. The average molecular weight is 405 g/mol. The monoisotopic (exact) mass is 404 g/mol. The van der Waals surface area contributed by atoms with Gasteiger partial charge in [-0.1, -0.05) is 104 Å². The quantitative estimate of drug-likeness (QED) is 0.341. The van der Waals surface area contributed by atoms with E-state index in [0.29, 0.717) is 26.4 Å². The van der Waals surface area contributed by atoms with Crippen LogP contribution in [0.2, 0.25) is 0 Å². The van der Waals surface area contributed by atoms with Crippen molar-refractivity contribution in [3.05, 3.63) is 108 Å². The van der Waals surface area contributed by atoms with E-state index in [-0.39, 0.29) is 12.2 Å². The molecular formula is C27H32O3. The topological polar surface area (TPSA) is 27.7 Å². The zero-order chi connectivity index (χ0) is 20.9. The number of ether oxygens (including phenoxy) is 3. The molecule has 3 heteroatoms. The predicted molar refractivity (Wildman–Crippen MR) is 121 cm³/mol. The van der Waals surface area contributed by atoms with Crippen LogP contribution in [0.15, 0.2) is 91.0 Å². The van der Waals surface area contributed by atoms with Gasteiger partial charge in [0, 0.05) is 0 Å². The first-order valence-electron chi connectivity index (χ1n) is 10.8. The molecule has 0 heterocycles. The van der Waals surface area contributed by atoms with E-state index in [1.807, 2.05) is 54.6 Å². The van der Waals surface area contributed by atoms with Crippen LogP contribution in [0.5, 0.6) is 0 Å². The van der Waals surface area contributed by atoms with E-state index in [2.05, 4.69) is 43.3 Å². The summed E-state index contributed by atoms with van der Waals surface area (Å²) in [6.45, 7) is 4.38. The van der Waals surface area contributed by atoms with Crippen molar-refractivity contribution in [2.45, 2.75) is 51.8 Å². The van der Waals surface area contributed by atoms with E-state index in [9.17, 15) is 0 Å². The highest BCUT2D eigenvalue weighted by atomic mass is 16.6. The van der Waals surface area contributed by atoms with Crippen LogP contribution < -0.4 is 0 Å². The van der Waals surface area contributed by atoms with Crippen molar-refractivity contribution < 1.29 is 14.2 Å². The minimum Gasteiger partial charge on any atom is -0.374 e. The highest BCUT2D eigenvalue weighted by Crippen LogP contribution is 2.17. The summed E-state index contributed by atoms with van der Waals surface area (Å²) < 4.78 is 18.7. The molecule has 0 radical (unpaired) electrons. The summed E-state index contributed by atoms with van der Waals surface area (Å²) in [6.07, 6.45) is 1.82. The predicted octanol–water partition coefficient (Wildman–Crippen LogP) is 6.17. The normalized spacial score (nSPS) is 13.1. The highest BCUT2D eigenvalue weighted by molar-refractivity contribution is 5.15. The third-order valence-corrected chi connectivity index (χ3v) is 5.00. The molecule has 30 heavy (non-hydrogen) atoms. The molecule has 0 aliphatic carbocycles. The fourth-order valence-electron chi connectivity index (χ4n) is 3.35. The maximum atomic E-state index is 6.32. The molecule has 2 atom stereocenters. The van der Waals surface area contributed by atoms with E-state index >= 15 is 0 Å². The van der Waals surface area contributed by atoms with Gasteiger partial charge >= 0.3 is 0 Å². The Hall–Kier alpha value is -2.46. The SMILES string of the molecule is CCC[C@@H](OCc1ccccc1)[C@@H](COCc1ccccc1)OCc1ccccc1. The fourth-order valence-corrected chi connectivity index (χ4v) is 3.35. The molecule has 0 saturated carbocycles. The molecule has 3 aromatic rings. The molecule has 0 unspecified atom stereocenters. The van der Waals surface area contributed by atoms with Gasteiger partial charge in [0.25, 0.3) is 0 Å². The zero-order valence-electron chi connectivity index (χ0n) is 17.8. The van der Waals surface area contributed by atoms with E-state index in [1.165, 1.54) is 5.56 Å². The van der Waals surface area contributed by atoms with Crippen molar-refractivity contribution in [1.82, 2.24) is 0 Å². The molecule has 0 saturated heterocycles. The van der Waals surface area contributed by atoms with Crippen molar-refractivity contribution in [3.63, 3.8) is 0 Å². The fraction of sp³-hybridized carbons (Fsp3) is 0.333. The molecule has 0 aliphatic heterocycles. The average Bonchev–Trinajstić information content (AvgIpc) is 2.81. The van der Waals surface area contributed by atoms with Crippen LogP contribution in [-0.4, -0.2) is 18.8 Å². The van der Waals surface area contributed by atoms with E-state index in [0.717, 1.165) is 24.0 Å². The molecule has 0 aromatic heterocycles. The van der Waals surface area contributed by atoms with Crippen molar-refractivity contribution in [2.75, 3.05) is 6.61 Å². The lowest BCUT2D eigenvalue weighted by Crippen LogP contribution is -2.35. The second kappa shape index (κ2) is 13.0. The Morgan fingerprint density at radius 2 is 1.00 bits per heavy atom. The van der Waals surface area contributed by atoms with Crippen LogP contribution in [0.25, 0.3) is 0 Å². The molecule has 3 aromatic carbocycles. The van der Waals surface area contributed by atoms with Crippen LogP contribution in [0.3, 0.4) is 0 Å². The van der Waals surface area contributed by atoms with Gasteiger partial charge in [-0.15, -0.1) is 0 Å². The second-order valence-electron chi connectivity index (χ2n) is 7.46. The molecule has 0 spiro atoms. The number of benzene rings is 3. The van der Waals surface area contributed by atoms with E-state index < -0.39 is 0 Å². The van der Waals surface area contributed by atoms with Gasteiger partial charge in [-0.3, -0.25) is 0 Å². The number of hydrogen-bond acceptors (Lipinski definition) is 3. The highest BCUT2D eigenvalue weighted by Gasteiger charge is 2.23. The Kier molecular flexibility index (Phi) is 9.61. The summed E-state index contributed by atoms with van der Waals surface area (Å²) in [5.41, 5.74) is 3.49. The zero-order valence-corrected chi connectivity index (χ0v) is 17.8. The van der Waals surface area contributed by atoms with Crippen molar-refractivity contribution in [2.24, 2.45) is 0 Å². The van der Waals surface area contributed by atoms with Gasteiger partial charge in [-0.2, -0.15) is 0 Å². The summed E-state index contributed by atoms with van der Waals surface area (Å²) in [4.78, 5) is 0. The number of hydrogen-bond donors (Lipinski definition) is 0. The Labute approximate surface area is 180 Å². The molecule has 158 valence electrons. The van der Waals surface area contributed by atoms with Crippen LogP contribution in [0, 0.1) is 0 Å². The van der Waals surface area contributed by atoms with Crippen LogP contribution in [0.4, 0.5) is 0 Å². The van der Waals surface area contributed by atoms with Gasteiger partial charge in [0.2, 0.25) is 0 Å². The summed E-state index contributed by atoms with van der Waals surface area (Å²) in [5, 5.41) is 0. The summed E-state index contributed by atoms with van der Waals surface area (Å²) >= 11 is 0. The lowest BCUT2D eigenvalue weighted by atomic mass is 10.1. The van der Waals surface area contributed by atoms with Gasteiger partial charge in [0.05, 0.1) is 32.5 Å². The molecule has 0 fully saturated rings. The lowest BCUT2D eigenvalue weighted by Gasteiger charge is -2.27. The van der Waals surface area contributed by atoms with Crippen molar-refractivity contribution in [3.8, 4) is 0 Å². The Balaban J connectivity index is 1.62. The van der Waals surface area contributed by atoms with Crippen LogP contribution in [0.1, 0.15) is 36.5 Å². The molecule has 0 N–H and O–H groups in total. The molecule has 3 rings (SSSR count). The minimum atomic E-state index is -0.127. The van der Waals surface area contributed by atoms with Crippen molar-refractivity contribution >= 4 is 0 Å². The first-order valence-corrected chi connectivity index (χ1v) is 10.8. The lowest BCUT2D eigenvalue weighted by molar-refractivity contribution is -0.119. The molecular weight excluding hydrogens is 372 g/mol. The van der Waals surface area contributed by atoms with E-state index in [1.54, 1.807) is 0 Å². The summed E-state index contributed by atoms with van der Waals surface area (Å²) in [7, 11) is 0. The van der Waals surface area contributed by atoms with Crippen LogP contribution in [-0.2, 0) is 34.0 Å². The van der Waals surface area contributed by atoms with Gasteiger partial charge in [0.1, 0.15) is 6.10 Å². The molecule has 3 nitrogen and oxygen atoms in total. The maximum Gasteiger partial charge on any atom is 0.107 e. The Bertz CT molecular complexity index is 805. The summed E-state index contributed by atoms with van der Waals surface area (Å²) in [6, 6.07) is 30.8. The van der Waals surface area contributed by atoms with Crippen molar-refractivity contribution in [1.29, 1.82) is 0 Å². The van der Waals surface area contributed by atoms with Gasteiger partial charge in [0.15, 0.2) is 0 Å². The third kappa shape index (κ3) is 7.75. The maximum absolute atomic E-state index is 6.32. The van der Waals surface area contributed by atoms with Crippen LogP contribution >= 0.6 is 0 Å². The smallest absolute Gasteiger partial charge is 0.107 e. The first-order chi connectivity index (χ1) is 14.8. The third-order valence-electron chi connectivity index (χ3n) is 5.00. The molecule has 0 bridgehead atoms. The van der Waals surface area contributed by atoms with E-state index in [4.69, 9.17) is 14.2 Å².